The van der Waals surface area contributed by atoms with Gasteiger partial charge in [-0.25, -0.2) is 22.9 Å². The Morgan fingerprint density at radius 1 is 1.16 bits per heavy atom. The van der Waals surface area contributed by atoms with Gasteiger partial charge in [0.25, 0.3) is 0 Å². The maximum atomic E-state index is 13.4. The lowest BCUT2D eigenvalue weighted by molar-refractivity contribution is -0.119. The van der Waals surface area contributed by atoms with Crippen LogP contribution in [0.25, 0.3) is 0 Å². The average molecular weight is 552 g/mol. The van der Waals surface area contributed by atoms with E-state index in [0.717, 1.165) is 22.3 Å². The van der Waals surface area contributed by atoms with Crippen molar-refractivity contribution in [3.05, 3.63) is 58.6 Å². The smallest absolute Gasteiger partial charge is 0.331 e. The van der Waals surface area contributed by atoms with Crippen molar-refractivity contribution < 1.29 is 27.5 Å². The zero-order chi connectivity index (χ0) is 27.3. The van der Waals surface area contributed by atoms with Crippen LogP contribution in [-0.4, -0.2) is 61.4 Å². The van der Waals surface area contributed by atoms with E-state index in [-0.39, 0.29) is 25.6 Å². The molecule has 11 nitrogen and oxygen atoms in total. The van der Waals surface area contributed by atoms with Crippen molar-refractivity contribution in [2.24, 2.45) is 0 Å². The minimum atomic E-state index is -3.76. The summed E-state index contributed by atoms with van der Waals surface area (Å²) in [6, 6.07) is 11.2. The normalized spacial score (nSPS) is 16.0. The summed E-state index contributed by atoms with van der Waals surface area (Å²) >= 11 is 6.35. The van der Waals surface area contributed by atoms with Gasteiger partial charge in [-0.05, 0) is 44.5 Å². The van der Waals surface area contributed by atoms with Crippen molar-refractivity contribution in [1.82, 2.24) is 19.8 Å². The highest BCUT2D eigenvalue weighted by Gasteiger charge is 2.38. The molecule has 200 valence electrons. The van der Waals surface area contributed by atoms with Crippen molar-refractivity contribution in [3.63, 3.8) is 0 Å². The lowest BCUT2D eigenvalue weighted by Crippen LogP contribution is -2.67. The summed E-state index contributed by atoms with van der Waals surface area (Å²) in [5.74, 6) is -0.326. The van der Waals surface area contributed by atoms with Gasteiger partial charge < -0.3 is 10.1 Å². The van der Waals surface area contributed by atoms with Crippen LogP contribution in [0.1, 0.15) is 31.4 Å². The van der Waals surface area contributed by atoms with Crippen LogP contribution in [0, 0.1) is 6.92 Å². The predicted molar refractivity (Wildman–Crippen MR) is 140 cm³/mol. The second-order valence-electron chi connectivity index (χ2n) is 8.90. The third-order valence-electron chi connectivity index (χ3n) is 5.23. The third kappa shape index (κ3) is 7.99. The van der Waals surface area contributed by atoms with Gasteiger partial charge in [0.15, 0.2) is 6.29 Å². The number of rotatable bonds is 10. The van der Waals surface area contributed by atoms with Gasteiger partial charge in [-0.3, -0.25) is 19.7 Å². The Hall–Kier alpha value is -3.51. The zero-order valence-electron chi connectivity index (χ0n) is 20.9. The van der Waals surface area contributed by atoms with E-state index in [1.54, 1.807) is 18.2 Å². The van der Waals surface area contributed by atoms with E-state index in [1.807, 2.05) is 49.8 Å². The second kappa shape index (κ2) is 11.7. The summed E-state index contributed by atoms with van der Waals surface area (Å²) in [5.41, 5.74) is 2.40. The van der Waals surface area contributed by atoms with Crippen LogP contribution in [-0.2, 0) is 21.4 Å². The Balaban J connectivity index is 1.82. The molecule has 1 aliphatic heterocycles. The van der Waals surface area contributed by atoms with Gasteiger partial charge in [-0.15, -0.1) is 0 Å². The number of urea groups is 2. The van der Waals surface area contributed by atoms with E-state index < -0.39 is 34.3 Å². The molecule has 0 saturated carbocycles. The number of anilines is 1. The maximum Gasteiger partial charge on any atom is 0.331 e. The number of carbonyl (C=O) groups excluding carboxylic acids is 3. The van der Waals surface area contributed by atoms with Gasteiger partial charge in [-0.1, -0.05) is 41.4 Å². The maximum absolute atomic E-state index is 13.4. The van der Waals surface area contributed by atoms with Gasteiger partial charge in [0.05, 0.1) is 23.9 Å². The van der Waals surface area contributed by atoms with Crippen LogP contribution in [0.5, 0.6) is 5.75 Å². The molecule has 0 bridgehead atoms. The number of halogens is 1. The summed E-state index contributed by atoms with van der Waals surface area (Å²) in [4.78, 5) is 40.4. The molecule has 1 unspecified atom stereocenters. The van der Waals surface area contributed by atoms with Crippen molar-refractivity contribution in [3.8, 4) is 5.75 Å². The number of imide groups is 1. The quantitative estimate of drug-likeness (QED) is 0.412. The zero-order valence-corrected chi connectivity index (χ0v) is 22.5. The molecule has 1 atom stereocenters. The SMILES string of the molecule is Cc1ccc(CN2C(=O)N(CCC(=O)NS(C)(=O)=O)C(=O)NC2Nc2ccc(OC(C)C)c(Cl)c2)cc1. The number of carbonyl (C=O) groups is 3. The van der Waals surface area contributed by atoms with Gasteiger partial charge in [0.2, 0.25) is 15.9 Å². The number of nitrogens with zero attached hydrogens (tertiary/aromatic N) is 2. The second-order valence-corrected chi connectivity index (χ2v) is 11.1. The first-order valence-corrected chi connectivity index (χ1v) is 13.8. The first kappa shape index (κ1) is 28.1. The van der Waals surface area contributed by atoms with Crippen LogP contribution in [0.3, 0.4) is 0 Å². The number of amides is 5. The van der Waals surface area contributed by atoms with E-state index in [4.69, 9.17) is 16.3 Å². The van der Waals surface area contributed by atoms with Crippen molar-refractivity contribution in [2.75, 3.05) is 18.1 Å². The molecule has 2 aromatic rings. The van der Waals surface area contributed by atoms with Gasteiger partial charge in [-0.2, -0.15) is 0 Å². The highest BCUT2D eigenvalue weighted by molar-refractivity contribution is 7.89. The van der Waals surface area contributed by atoms with Crippen LogP contribution in [0.2, 0.25) is 5.02 Å². The third-order valence-corrected chi connectivity index (χ3v) is 6.12. The molecule has 0 radical (unpaired) electrons. The van der Waals surface area contributed by atoms with Crippen LogP contribution < -0.4 is 20.1 Å². The molecule has 0 spiro atoms. The summed E-state index contributed by atoms with van der Waals surface area (Å²) in [6.45, 7) is 5.54. The summed E-state index contributed by atoms with van der Waals surface area (Å²) < 4.78 is 30.1. The molecule has 0 aromatic heterocycles. The largest absolute Gasteiger partial charge is 0.489 e. The number of sulfonamides is 1. The van der Waals surface area contributed by atoms with Gasteiger partial charge in [0, 0.05) is 18.7 Å². The standard InChI is InChI=1S/C24H30ClN5O6S/c1-15(2)36-20-10-9-18(13-19(20)25)26-22-27-23(32)29(12-11-21(31)28-37(4,34)35)24(33)30(22)14-17-7-5-16(3)6-8-17/h5-10,13,15,22,26H,11-12,14H2,1-4H3,(H,27,32)(H,28,31). The highest BCUT2D eigenvalue weighted by atomic mass is 35.5. The Labute approximate surface area is 221 Å². The molecule has 5 amide bonds. The van der Waals surface area contributed by atoms with E-state index in [2.05, 4.69) is 10.6 Å². The molecule has 1 saturated heterocycles. The Bertz CT molecular complexity index is 1270. The fraction of sp³-hybridized carbons (Fsp3) is 0.375. The number of hydrogen-bond donors (Lipinski definition) is 3. The van der Waals surface area contributed by atoms with E-state index >= 15 is 0 Å². The number of hydrogen-bond acceptors (Lipinski definition) is 7. The molecule has 3 N–H and O–H groups in total. The summed E-state index contributed by atoms with van der Waals surface area (Å²) in [7, 11) is -3.76. The fourth-order valence-corrected chi connectivity index (χ4v) is 4.30. The van der Waals surface area contributed by atoms with Crippen molar-refractivity contribution in [1.29, 1.82) is 0 Å². The number of ether oxygens (including phenoxy) is 1. The molecular weight excluding hydrogens is 522 g/mol. The minimum absolute atomic E-state index is 0.0675. The van der Waals surface area contributed by atoms with Crippen LogP contribution >= 0.6 is 11.6 Å². The van der Waals surface area contributed by atoms with Crippen molar-refractivity contribution in [2.45, 2.75) is 46.1 Å². The Morgan fingerprint density at radius 2 is 1.84 bits per heavy atom. The van der Waals surface area contributed by atoms with E-state index in [9.17, 15) is 22.8 Å². The van der Waals surface area contributed by atoms with Crippen LogP contribution in [0.4, 0.5) is 15.3 Å². The van der Waals surface area contributed by atoms with E-state index in [1.165, 1.54) is 4.90 Å². The molecule has 1 heterocycles. The van der Waals surface area contributed by atoms with Gasteiger partial charge in [0.1, 0.15) is 5.75 Å². The average Bonchev–Trinajstić information content (AvgIpc) is 2.78. The molecule has 2 aromatic carbocycles. The van der Waals surface area contributed by atoms with Crippen LogP contribution in [0.15, 0.2) is 42.5 Å². The first-order chi connectivity index (χ1) is 17.3. The molecular formula is C24H30ClN5O6S. The monoisotopic (exact) mass is 551 g/mol. The van der Waals surface area contributed by atoms with E-state index in [0.29, 0.717) is 16.5 Å². The highest BCUT2D eigenvalue weighted by Crippen LogP contribution is 2.29. The lowest BCUT2D eigenvalue weighted by atomic mass is 10.1. The number of aryl methyl sites for hydroxylation is 1. The molecule has 1 aliphatic rings. The Morgan fingerprint density at radius 3 is 2.43 bits per heavy atom. The molecule has 37 heavy (non-hydrogen) atoms. The molecule has 1 fully saturated rings. The molecule has 3 rings (SSSR count). The topological polar surface area (TPSA) is 137 Å². The van der Waals surface area contributed by atoms with Crippen molar-refractivity contribution >= 4 is 45.3 Å². The predicted octanol–water partition coefficient (Wildman–Crippen LogP) is 3.24. The number of benzene rings is 2. The molecule has 0 aliphatic carbocycles. The number of nitrogens with one attached hydrogen (secondary N) is 3. The minimum Gasteiger partial charge on any atom is -0.489 e. The van der Waals surface area contributed by atoms with Gasteiger partial charge >= 0.3 is 12.1 Å². The fourth-order valence-electron chi connectivity index (χ4n) is 3.55. The first-order valence-electron chi connectivity index (χ1n) is 11.5. The summed E-state index contributed by atoms with van der Waals surface area (Å²) in [5, 5.41) is 6.19. The molecule has 13 heteroatoms. The summed E-state index contributed by atoms with van der Waals surface area (Å²) in [6.07, 6.45) is -0.538. The lowest BCUT2D eigenvalue weighted by Gasteiger charge is -2.41. The Kier molecular flexibility index (Phi) is 8.87.